The predicted octanol–water partition coefficient (Wildman–Crippen LogP) is 4.73. The van der Waals surface area contributed by atoms with Crippen molar-refractivity contribution in [2.75, 3.05) is 32.8 Å². The maximum absolute atomic E-state index is 13.4. The van der Waals surface area contributed by atoms with Gasteiger partial charge in [0.15, 0.2) is 0 Å². The highest BCUT2D eigenvalue weighted by molar-refractivity contribution is 6.46. The molecule has 1 amide bonds. The molecule has 0 aliphatic carbocycles. The third-order valence-corrected chi connectivity index (χ3v) is 7.02. The van der Waals surface area contributed by atoms with Crippen LogP contribution >= 0.6 is 0 Å². The van der Waals surface area contributed by atoms with Crippen LogP contribution in [0.5, 0.6) is 11.5 Å². The van der Waals surface area contributed by atoms with Gasteiger partial charge in [0, 0.05) is 18.5 Å². The number of likely N-dealkylation sites (tertiary alicyclic amines) is 1. The number of hydrogen-bond acceptors (Lipinski definition) is 6. The molecule has 1 fully saturated rings. The van der Waals surface area contributed by atoms with E-state index >= 15 is 0 Å². The SMILES string of the molecule is C=CCOc1cccc([C@H]2C(=C(O)c3ccc4c(c3)C[C@@H](C)O4)C(=O)C(=O)N2CCCN(CC)CC)c1. The van der Waals surface area contributed by atoms with Crippen LogP contribution in [0.25, 0.3) is 5.76 Å². The molecular formula is C30H36N2O5. The summed E-state index contributed by atoms with van der Waals surface area (Å²) in [6.07, 6.45) is 3.15. The first kappa shape index (κ1) is 26.5. The Hall–Kier alpha value is -3.58. The van der Waals surface area contributed by atoms with Crippen molar-refractivity contribution in [3.05, 3.63) is 77.4 Å². The number of rotatable bonds is 11. The average molecular weight is 505 g/mol. The second-order valence-electron chi connectivity index (χ2n) is 9.50. The Kier molecular flexibility index (Phi) is 8.34. The third-order valence-electron chi connectivity index (χ3n) is 7.02. The summed E-state index contributed by atoms with van der Waals surface area (Å²) in [5.74, 6) is -0.0526. The fourth-order valence-corrected chi connectivity index (χ4v) is 5.12. The molecule has 4 rings (SSSR count). The van der Waals surface area contributed by atoms with E-state index in [9.17, 15) is 14.7 Å². The molecule has 2 heterocycles. The lowest BCUT2D eigenvalue weighted by Crippen LogP contribution is -2.33. The molecule has 2 aliphatic heterocycles. The molecule has 0 saturated carbocycles. The molecule has 0 unspecified atom stereocenters. The topological polar surface area (TPSA) is 79.3 Å². The number of fused-ring (bicyclic) bond motifs is 1. The van der Waals surface area contributed by atoms with Crippen molar-refractivity contribution >= 4 is 17.4 Å². The molecule has 2 atom stereocenters. The van der Waals surface area contributed by atoms with Crippen molar-refractivity contribution in [3.63, 3.8) is 0 Å². The first-order chi connectivity index (χ1) is 17.9. The van der Waals surface area contributed by atoms with Gasteiger partial charge in [0.2, 0.25) is 0 Å². The van der Waals surface area contributed by atoms with Crippen LogP contribution < -0.4 is 9.47 Å². The molecule has 1 saturated heterocycles. The number of Topliss-reactive ketones (excluding diaryl/α,β-unsaturated/α-hetero) is 1. The summed E-state index contributed by atoms with van der Waals surface area (Å²) in [4.78, 5) is 30.5. The van der Waals surface area contributed by atoms with Crippen LogP contribution in [0.1, 0.15) is 49.9 Å². The zero-order chi connectivity index (χ0) is 26.5. The monoisotopic (exact) mass is 504 g/mol. The van der Waals surface area contributed by atoms with Crippen LogP contribution in [0.2, 0.25) is 0 Å². The van der Waals surface area contributed by atoms with Gasteiger partial charge in [-0.25, -0.2) is 0 Å². The van der Waals surface area contributed by atoms with Gasteiger partial charge in [0.25, 0.3) is 11.7 Å². The summed E-state index contributed by atoms with van der Waals surface area (Å²) in [6, 6.07) is 12.0. The summed E-state index contributed by atoms with van der Waals surface area (Å²) in [5.41, 5.74) is 2.28. The molecule has 0 bridgehead atoms. The Morgan fingerprint density at radius 1 is 1.22 bits per heavy atom. The number of ether oxygens (including phenoxy) is 2. The molecule has 37 heavy (non-hydrogen) atoms. The molecule has 7 nitrogen and oxygen atoms in total. The van der Waals surface area contributed by atoms with Crippen molar-refractivity contribution < 1.29 is 24.2 Å². The van der Waals surface area contributed by atoms with E-state index in [2.05, 4.69) is 25.3 Å². The summed E-state index contributed by atoms with van der Waals surface area (Å²) in [7, 11) is 0. The Labute approximate surface area is 219 Å². The normalized spacial score (nSPS) is 20.3. The number of carbonyl (C=O) groups is 2. The van der Waals surface area contributed by atoms with Crippen LogP contribution in [0.15, 0.2) is 60.7 Å². The third kappa shape index (κ3) is 5.57. The van der Waals surface area contributed by atoms with E-state index < -0.39 is 17.7 Å². The van der Waals surface area contributed by atoms with Crippen LogP contribution in [0.4, 0.5) is 0 Å². The number of amides is 1. The van der Waals surface area contributed by atoms with Gasteiger partial charge in [0.1, 0.15) is 30.0 Å². The molecule has 0 aromatic heterocycles. The van der Waals surface area contributed by atoms with Crippen molar-refractivity contribution in [2.24, 2.45) is 0 Å². The quantitative estimate of drug-likeness (QED) is 0.206. The number of ketones is 1. The van der Waals surface area contributed by atoms with Crippen molar-refractivity contribution in [2.45, 2.75) is 45.8 Å². The Morgan fingerprint density at radius 2 is 2.00 bits per heavy atom. The number of aliphatic hydroxyl groups excluding tert-OH is 1. The van der Waals surface area contributed by atoms with Crippen molar-refractivity contribution in [3.8, 4) is 11.5 Å². The molecule has 7 heteroatoms. The zero-order valence-corrected chi connectivity index (χ0v) is 21.9. The van der Waals surface area contributed by atoms with E-state index in [1.807, 2.05) is 43.3 Å². The lowest BCUT2D eigenvalue weighted by Gasteiger charge is -2.27. The van der Waals surface area contributed by atoms with E-state index in [1.54, 1.807) is 17.0 Å². The standard InChI is InChI=1S/C30H36N2O5/c1-5-16-36-24-11-8-10-21(19-24)27-26(28(33)22-12-13-25-23(18-22)17-20(4)37-25)29(34)30(35)32(27)15-9-14-31(6-2)7-3/h5,8,10-13,18-20,27,33H,1,6-7,9,14-17H2,2-4H3/t20-,27+/m1/s1. The Balaban J connectivity index is 1.74. The van der Waals surface area contributed by atoms with Crippen molar-refractivity contribution in [1.29, 1.82) is 0 Å². The van der Waals surface area contributed by atoms with Gasteiger partial charge in [-0.2, -0.15) is 0 Å². The van der Waals surface area contributed by atoms with Gasteiger partial charge < -0.3 is 24.4 Å². The number of hydrogen-bond donors (Lipinski definition) is 1. The zero-order valence-electron chi connectivity index (χ0n) is 21.9. The minimum absolute atomic E-state index is 0.0575. The number of benzene rings is 2. The predicted molar refractivity (Wildman–Crippen MR) is 144 cm³/mol. The second kappa shape index (κ2) is 11.6. The summed E-state index contributed by atoms with van der Waals surface area (Å²) in [6.45, 7) is 13.3. The summed E-state index contributed by atoms with van der Waals surface area (Å²) < 4.78 is 11.5. The highest BCUT2D eigenvalue weighted by atomic mass is 16.5. The maximum atomic E-state index is 13.4. The van der Waals surface area contributed by atoms with Crippen LogP contribution in [-0.2, 0) is 16.0 Å². The van der Waals surface area contributed by atoms with Crippen LogP contribution in [0, 0.1) is 0 Å². The van der Waals surface area contributed by atoms with Crippen molar-refractivity contribution in [1.82, 2.24) is 9.80 Å². The lowest BCUT2D eigenvalue weighted by atomic mass is 9.94. The van der Waals surface area contributed by atoms with Gasteiger partial charge in [-0.3, -0.25) is 9.59 Å². The first-order valence-electron chi connectivity index (χ1n) is 13.0. The largest absolute Gasteiger partial charge is 0.507 e. The van der Waals surface area contributed by atoms with Crippen LogP contribution in [-0.4, -0.2) is 65.5 Å². The molecule has 0 radical (unpaired) electrons. The van der Waals surface area contributed by atoms with E-state index in [-0.39, 0.29) is 17.4 Å². The average Bonchev–Trinajstić information content (AvgIpc) is 3.40. The lowest BCUT2D eigenvalue weighted by molar-refractivity contribution is -0.140. The Bertz CT molecular complexity index is 1200. The Morgan fingerprint density at radius 3 is 2.73 bits per heavy atom. The fraction of sp³-hybridized carbons (Fsp3) is 0.400. The van der Waals surface area contributed by atoms with Gasteiger partial charge in [-0.15, -0.1) is 0 Å². The molecule has 2 aromatic carbocycles. The van der Waals surface area contributed by atoms with Gasteiger partial charge >= 0.3 is 0 Å². The highest BCUT2D eigenvalue weighted by Crippen LogP contribution is 2.41. The number of nitrogens with zero attached hydrogens (tertiary/aromatic N) is 2. The molecule has 0 spiro atoms. The first-order valence-corrected chi connectivity index (χ1v) is 13.0. The maximum Gasteiger partial charge on any atom is 0.295 e. The smallest absolute Gasteiger partial charge is 0.295 e. The fourth-order valence-electron chi connectivity index (χ4n) is 5.12. The molecule has 2 aromatic rings. The summed E-state index contributed by atoms with van der Waals surface area (Å²) in [5, 5.41) is 11.4. The van der Waals surface area contributed by atoms with Gasteiger partial charge in [-0.1, -0.05) is 38.6 Å². The molecule has 1 N–H and O–H groups in total. The van der Waals surface area contributed by atoms with E-state index in [0.29, 0.717) is 36.4 Å². The van der Waals surface area contributed by atoms with E-state index in [4.69, 9.17) is 9.47 Å². The molecule has 196 valence electrons. The number of aliphatic hydroxyl groups is 1. The van der Waals surface area contributed by atoms with Gasteiger partial charge in [-0.05, 0) is 74.4 Å². The summed E-state index contributed by atoms with van der Waals surface area (Å²) >= 11 is 0. The second-order valence-corrected chi connectivity index (χ2v) is 9.50. The molecular weight excluding hydrogens is 468 g/mol. The number of carbonyl (C=O) groups excluding carboxylic acids is 2. The van der Waals surface area contributed by atoms with E-state index in [1.165, 1.54) is 0 Å². The minimum atomic E-state index is -0.715. The minimum Gasteiger partial charge on any atom is -0.507 e. The van der Waals surface area contributed by atoms with E-state index in [0.717, 1.165) is 37.4 Å². The molecule has 2 aliphatic rings. The van der Waals surface area contributed by atoms with Gasteiger partial charge in [0.05, 0.1) is 11.6 Å². The highest BCUT2D eigenvalue weighted by Gasteiger charge is 2.46. The van der Waals surface area contributed by atoms with Crippen LogP contribution in [0.3, 0.4) is 0 Å².